The number of benzene rings is 2. The molecule has 0 fully saturated rings. The zero-order valence-electron chi connectivity index (χ0n) is 13.9. The second-order valence-corrected chi connectivity index (χ2v) is 6.42. The van der Waals surface area contributed by atoms with E-state index in [2.05, 4.69) is 5.32 Å². The average Bonchev–Trinajstić information content (AvgIpc) is 3.18. The third-order valence-electron chi connectivity index (χ3n) is 4.50. The van der Waals surface area contributed by atoms with Crippen molar-refractivity contribution in [1.29, 1.82) is 0 Å². The van der Waals surface area contributed by atoms with Crippen LogP contribution in [0.25, 0.3) is 10.9 Å². The topological polar surface area (TPSA) is 52.5 Å². The lowest BCUT2D eigenvalue weighted by molar-refractivity contribution is 0.0932. The van der Waals surface area contributed by atoms with Crippen LogP contribution in [-0.4, -0.2) is 17.3 Å². The number of rotatable bonds is 3. The van der Waals surface area contributed by atoms with Crippen molar-refractivity contribution < 1.29 is 14.3 Å². The normalized spacial score (nSPS) is 13.9. The number of hydrogen-bond acceptors (Lipinski definition) is 3. The molecule has 1 atom stereocenters. The Hall–Kier alpha value is -2.66. The number of carbonyl (C=O) groups is 1. The molecule has 6 heteroatoms. The molecule has 25 heavy (non-hydrogen) atoms. The molecule has 2 aromatic carbocycles. The van der Waals surface area contributed by atoms with Gasteiger partial charge in [0.25, 0.3) is 5.91 Å². The van der Waals surface area contributed by atoms with E-state index < -0.39 is 0 Å². The maximum atomic E-state index is 12.8. The largest absolute Gasteiger partial charge is 0.454 e. The predicted molar refractivity (Wildman–Crippen MR) is 96.4 cm³/mol. The number of para-hydroxylation sites is 1. The maximum absolute atomic E-state index is 12.8. The number of ether oxygens (including phenoxy) is 2. The number of amides is 1. The van der Waals surface area contributed by atoms with Crippen LogP contribution in [0.2, 0.25) is 5.02 Å². The van der Waals surface area contributed by atoms with Crippen molar-refractivity contribution in [2.24, 2.45) is 7.05 Å². The van der Waals surface area contributed by atoms with Gasteiger partial charge in [-0.25, -0.2) is 0 Å². The zero-order chi connectivity index (χ0) is 17.6. The number of aromatic nitrogens is 1. The first-order valence-corrected chi connectivity index (χ1v) is 8.37. The summed E-state index contributed by atoms with van der Waals surface area (Å²) in [5.41, 5.74) is 2.32. The summed E-state index contributed by atoms with van der Waals surface area (Å²) in [6.45, 7) is 2.15. The van der Waals surface area contributed by atoms with Gasteiger partial charge in [0.15, 0.2) is 11.5 Å². The van der Waals surface area contributed by atoms with Crippen molar-refractivity contribution in [2.45, 2.75) is 13.0 Å². The van der Waals surface area contributed by atoms with Crippen LogP contribution >= 0.6 is 11.6 Å². The first-order chi connectivity index (χ1) is 12.1. The fraction of sp³-hybridized carbons (Fsp3) is 0.211. The van der Waals surface area contributed by atoms with E-state index in [1.807, 2.05) is 61.0 Å². The minimum absolute atomic E-state index is 0.198. The highest BCUT2D eigenvalue weighted by molar-refractivity contribution is 6.38. The summed E-state index contributed by atoms with van der Waals surface area (Å²) in [5, 5.41) is 4.34. The fourth-order valence-electron chi connectivity index (χ4n) is 3.13. The van der Waals surface area contributed by atoms with Crippen LogP contribution in [0.3, 0.4) is 0 Å². The molecule has 1 aromatic heterocycles. The van der Waals surface area contributed by atoms with E-state index in [-0.39, 0.29) is 18.7 Å². The molecule has 4 rings (SSSR count). The fourth-order valence-corrected chi connectivity index (χ4v) is 3.50. The van der Waals surface area contributed by atoms with Gasteiger partial charge in [-0.3, -0.25) is 4.79 Å². The highest BCUT2D eigenvalue weighted by Gasteiger charge is 2.22. The van der Waals surface area contributed by atoms with Crippen molar-refractivity contribution in [3.63, 3.8) is 0 Å². The van der Waals surface area contributed by atoms with Gasteiger partial charge < -0.3 is 19.4 Å². The molecule has 3 aromatic rings. The second kappa shape index (κ2) is 6.01. The smallest absolute Gasteiger partial charge is 0.269 e. The minimum atomic E-state index is -0.214. The molecule has 0 spiro atoms. The van der Waals surface area contributed by atoms with E-state index in [9.17, 15) is 4.79 Å². The van der Waals surface area contributed by atoms with Gasteiger partial charge in [-0.15, -0.1) is 0 Å². The number of carbonyl (C=O) groups excluding carboxylic acids is 1. The quantitative estimate of drug-likeness (QED) is 0.770. The Kier molecular flexibility index (Phi) is 3.81. The molecule has 0 radical (unpaired) electrons. The Balaban J connectivity index is 1.62. The molecule has 2 heterocycles. The van der Waals surface area contributed by atoms with E-state index in [1.165, 1.54) is 0 Å². The second-order valence-electron chi connectivity index (χ2n) is 6.05. The van der Waals surface area contributed by atoms with E-state index in [4.69, 9.17) is 21.1 Å². The number of nitrogens with one attached hydrogen (secondary N) is 1. The first-order valence-electron chi connectivity index (χ1n) is 7.99. The lowest BCUT2D eigenvalue weighted by Gasteiger charge is -2.15. The first kappa shape index (κ1) is 15.8. The molecule has 0 saturated heterocycles. The van der Waals surface area contributed by atoms with Crippen LogP contribution in [0.5, 0.6) is 11.5 Å². The molecule has 0 saturated carbocycles. The van der Waals surface area contributed by atoms with Gasteiger partial charge in [0.1, 0.15) is 5.69 Å². The van der Waals surface area contributed by atoms with Crippen molar-refractivity contribution in [3.05, 3.63) is 58.7 Å². The van der Waals surface area contributed by atoms with Gasteiger partial charge in [-0.2, -0.15) is 0 Å². The van der Waals surface area contributed by atoms with E-state index >= 15 is 0 Å². The minimum Gasteiger partial charge on any atom is -0.454 e. The van der Waals surface area contributed by atoms with Crippen LogP contribution in [0, 0.1) is 0 Å². The molecule has 1 amide bonds. The summed E-state index contributed by atoms with van der Waals surface area (Å²) in [6.07, 6.45) is 0. The summed E-state index contributed by atoms with van der Waals surface area (Å²) in [4.78, 5) is 12.8. The van der Waals surface area contributed by atoms with Gasteiger partial charge >= 0.3 is 0 Å². The van der Waals surface area contributed by atoms with Crippen LogP contribution in [0.1, 0.15) is 29.0 Å². The summed E-state index contributed by atoms with van der Waals surface area (Å²) >= 11 is 6.45. The molecule has 128 valence electrons. The lowest BCUT2D eigenvalue weighted by Crippen LogP contribution is -2.28. The monoisotopic (exact) mass is 356 g/mol. The molecule has 1 unspecified atom stereocenters. The standard InChI is InChI=1S/C19H17ClN2O3/c1-11(12-7-8-15-16(9-12)25-10-24-15)21-19(23)18-17(20)13-5-3-4-6-14(13)22(18)2/h3-9,11H,10H2,1-2H3,(H,21,23). The number of fused-ring (bicyclic) bond motifs is 2. The van der Waals surface area contributed by atoms with Crippen LogP contribution in [-0.2, 0) is 7.05 Å². The number of nitrogens with zero attached hydrogens (tertiary/aromatic N) is 1. The maximum Gasteiger partial charge on any atom is 0.269 e. The third-order valence-corrected chi connectivity index (χ3v) is 4.89. The Bertz CT molecular complexity index is 941. The SMILES string of the molecule is CC(NC(=O)c1c(Cl)c2ccccc2n1C)c1ccc2c(c1)OCO2. The molecule has 5 nitrogen and oxygen atoms in total. The summed E-state index contributed by atoms with van der Waals surface area (Å²) in [6, 6.07) is 13.1. The van der Waals surface area contributed by atoms with E-state index in [0.717, 1.165) is 22.2 Å². The molecule has 1 N–H and O–H groups in total. The van der Waals surface area contributed by atoms with Crippen molar-refractivity contribution in [3.8, 4) is 11.5 Å². The molecular weight excluding hydrogens is 340 g/mol. The van der Waals surface area contributed by atoms with Crippen molar-refractivity contribution >= 4 is 28.4 Å². The highest BCUT2D eigenvalue weighted by Crippen LogP contribution is 2.34. The van der Waals surface area contributed by atoms with Crippen molar-refractivity contribution in [2.75, 3.05) is 6.79 Å². The predicted octanol–water partition coefficient (Wildman–Crippen LogP) is 4.05. The van der Waals surface area contributed by atoms with Crippen LogP contribution in [0.4, 0.5) is 0 Å². The van der Waals surface area contributed by atoms with E-state index in [1.54, 1.807) is 0 Å². The van der Waals surface area contributed by atoms with E-state index in [0.29, 0.717) is 16.5 Å². The molecule has 0 bridgehead atoms. The average molecular weight is 357 g/mol. The molecule has 0 aliphatic carbocycles. The van der Waals surface area contributed by atoms with Gasteiger partial charge in [-0.05, 0) is 30.7 Å². The van der Waals surface area contributed by atoms with Crippen LogP contribution < -0.4 is 14.8 Å². The van der Waals surface area contributed by atoms with Crippen LogP contribution in [0.15, 0.2) is 42.5 Å². The number of hydrogen-bond donors (Lipinski definition) is 1. The van der Waals surface area contributed by atoms with Gasteiger partial charge in [-0.1, -0.05) is 35.9 Å². The van der Waals surface area contributed by atoms with Gasteiger partial charge in [0.05, 0.1) is 11.1 Å². The highest BCUT2D eigenvalue weighted by atomic mass is 35.5. The molecule has 1 aliphatic rings. The van der Waals surface area contributed by atoms with Gasteiger partial charge in [0, 0.05) is 18.0 Å². The number of aryl methyl sites for hydroxylation is 1. The third kappa shape index (κ3) is 2.61. The lowest BCUT2D eigenvalue weighted by atomic mass is 10.1. The molecular formula is C19H17ClN2O3. The summed E-state index contributed by atoms with van der Waals surface area (Å²) < 4.78 is 12.5. The number of halogens is 1. The zero-order valence-corrected chi connectivity index (χ0v) is 14.6. The summed E-state index contributed by atoms with van der Waals surface area (Å²) in [7, 11) is 1.84. The Morgan fingerprint density at radius 2 is 1.96 bits per heavy atom. The molecule has 1 aliphatic heterocycles. The Labute approximate surface area is 150 Å². The summed E-state index contributed by atoms with van der Waals surface area (Å²) in [5.74, 6) is 1.20. The van der Waals surface area contributed by atoms with Crippen molar-refractivity contribution in [1.82, 2.24) is 9.88 Å². The Morgan fingerprint density at radius 3 is 2.76 bits per heavy atom. The Morgan fingerprint density at radius 1 is 1.20 bits per heavy atom. The van der Waals surface area contributed by atoms with Gasteiger partial charge in [0.2, 0.25) is 6.79 Å².